The van der Waals surface area contributed by atoms with Crippen molar-refractivity contribution < 1.29 is 14.1 Å². The second-order valence-corrected chi connectivity index (χ2v) is 2.90. The smallest absolute Gasteiger partial charge is 0.423 e. The van der Waals surface area contributed by atoms with Gasteiger partial charge >= 0.3 is 7.12 Å². The maximum atomic E-state index is 12.7. The van der Waals surface area contributed by atoms with Gasteiger partial charge in [0, 0.05) is 0 Å². The van der Waals surface area contributed by atoms with E-state index in [1.807, 2.05) is 0 Å². The third kappa shape index (κ3) is 1.04. The Labute approximate surface area is 70.1 Å². The molecule has 0 radical (unpaired) electrons. The highest BCUT2D eigenvalue weighted by Gasteiger charge is 2.32. The molecule has 1 aliphatic heterocycles. The van der Waals surface area contributed by atoms with E-state index < -0.39 is 7.12 Å². The number of rotatable bonds is 0. The Hall–Kier alpha value is -0.865. The number of benzene rings is 1. The van der Waals surface area contributed by atoms with Crippen LogP contribution in [-0.2, 0) is 4.65 Å². The second kappa shape index (κ2) is 2.57. The zero-order chi connectivity index (χ0) is 8.72. The van der Waals surface area contributed by atoms with Gasteiger partial charge in [-0.1, -0.05) is 6.07 Å². The van der Waals surface area contributed by atoms with Gasteiger partial charge in [-0.15, -0.1) is 0 Å². The molecule has 0 saturated carbocycles. The van der Waals surface area contributed by atoms with Crippen LogP contribution in [0.25, 0.3) is 0 Å². The predicted octanol–water partition coefficient (Wildman–Crippen LogP) is 0.604. The summed E-state index contributed by atoms with van der Waals surface area (Å²) >= 11 is 0. The van der Waals surface area contributed by atoms with E-state index in [0.717, 1.165) is 5.56 Å². The number of hydrogen-bond donors (Lipinski definition) is 1. The zero-order valence-electron chi connectivity index (χ0n) is 6.62. The summed E-state index contributed by atoms with van der Waals surface area (Å²) in [7, 11) is -0.893. The summed E-state index contributed by atoms with van der Waals surface area (Å²) in [5, 5.41) is 9.30. The number of fused-ring (bicyclic) bond motifs is 1. The molecular weight excluding hydrogens is 158 g/mol. The normalized spacial score (nSPS) is 21.2. The summed E-state index contributed by atoms with van der Waals surface area (Å²) < 4.78 is 17.8. The highest BCUT2D eigenvalue weighted by Crippen LogP contribution is 2.22. The van der Waals surface area contributed by atoms with Crippen molar-refractivity contribution in [2.75, 3.05) is 0 Å². The van der Waals surface area contributed by atoms with E-state index in [1.165, 1.54) is 12.1 Å². The van der Waals surface area contributed by atoms with Crippen LogP contribution in [0.2, 0.25) is 0 Å². The van der Waals surface area contributed by atoms with Gasteiger partial charge in [-0.25, -0.2) is 4.39 Å². The van der Waals surface area contributed by atoms with Gasteiger partial charge in [0.15, 0.2) is 0 Å². The predicted molar refractivity (Wildman–Crippen MR) is 43.5 cm³/mol. The monoisotopic (exact) mass is 166 g/mol. The van der Waals surface area contributed by atoms with Crippen LogP contribution in [0.3, 0.4) is 0 Å². The molecule has 0 unspecified atom stereocenters. The minimum Gasteiger partial charge on any atom is -0.423 e. The van der Waals surface area contributed by atoms with E-state index in [0.29, 0.717) is 5.46 Å². The summed E-state index contributed by atoms with van der Waals surface area (Å²) in [5.74, 6) is -0.293. The van der Waals surface area contributed by atoms with Crippen LogP contribution in [0.15, 0.2) is 18.2 Å². The van der Waals surface area contributed by atoms with Gasteiger partial charge in [0.25, 0.3) is 0 Å². The minimum absolute atomic E-state index is 0.217. The number of hydrogen-bond acceptors (Lipinski definition) is 2. The molecule has 1 aliphatic rings. The molecule has 2 nitrogen and oxygen atoms in total. The summed E-state index contributed by atoms with van der Waals surface area (Å²) in [5.41, 5.74) is 1.41. The second-order valence-electron chi connectivity index (χ2n) is 2.90. The molecule has 0 fully saturated rings. The Balaban J connectivity index is 2.53. The van der Waals surface area contributed by atoms with Gasteiger partial charge in [-0.05, 0) is 30.1 Å². The molecule has 1 aromatic carbocycles. The molecular formula is C8H8BFO2. The van der Waals surface area contributed by atoms with E-state index in [2.05, 4.69) is 0 Å². The minimum atomic E-state index is -0.893. The van der Waals surface area contributed by atoms with Crippen LogP contribution in [0.5, 0.6) is 0 Å². The van der Waals surface area contributed by atoms with Gasteiger partial charge < -0.3 is 9.68 Å². The van der Waals surface area contributed by atoms with Crippen molar-refractivity contribution in [3.63, 3.8) is 0 Å². The third-order valence-electron chi connectivity index (χ3n) is 2.09. The van der Waals surface area contributed by atoms with Crippen LogP contribution in [-0.4, -0.2) is 12.1 Å². The average molecular weight is 166 g/mol. The van der Waals surface area contributed by atoms with Crippen LogP contribution in [0, 0.1) is 5.82 Å². The van der Waals surface area contributed by atoms with Crippen molar-refractivity contribution in [1.82, 2.24) is 0 Å². The largest absolute Gasteiger partial charge is 0.491 e. The van der Waals surface area contributed by atoms with Crippen LogP contribution < -0.4 is 5.46 Å². The van der Waals surface area contributed by atoms with E-state index in [1.54, 1.807) is 13.0 Å². The topological polar surface area (TPSA) is 29.5 Å². The lowest BCUT2D eigenvalue weighted by Crippen LogP contribution is -2.27. The SMILES string of the molecule is C[C@H]1OB(O)c2ccc(F)cc21. The van der Waals surface area contributed by atoms with Crippen molar-refractivity contribution in [3.8, 4) is 0 Å². The Kier molecular flexibility index (Phi) is 1.66. The average Bonchev–Trinajstić information content (AvgIpc) is 2.28. The molecule has 0 spiro atoms. The van der Waals surface area contributed by atoms with E-state index in [-0.39, 0.29) is 11.9 Å². The number of halogens is 1. The van der Waals surface area contributed by atoms with Crippen LogP contribution in [0.4, 0.5) is 4.39 Å². The fourth-order valence-electron chi connectivity index (χ4n) is 1.46. The van der Waals surface area contributed by atoms with Gasteiger partial charge in [0.05, 0.1) is 6.10 Å². The molecule has 0 aliphatic carbocycles. The molecule has 1 atom stereocenters. The molecule has 1 aromatic rings. The first kappa shape index (κ1) is 7.77. The molecule has 1 heterocycles. The van der Waals surface area contributed by atoms with Crippen molar-refractivity contribution in [3.05, 3.63) is 29.6 Å². The van der Waals surface area contributed by atoms with Crippen molar-refractivity contribution in [1.29, 1.82) is 0 Å². The Morgan fingerprint density at radius 1 is 1.58 bits per heavy atom. The standard InChI is InChI=1S/C8H8BFO2/c1-5-7-4-6(10)2-3-8(7)9(11)12-5/h2-5,11H,1H3/t5-/m1/s1. The quantitative estimate of drug-likeness (QED) is 0.572. The molecule has 4 heteroatoms. The first-order chi connectivity index (χ1) is 5.68. The van der Waals surface area contributed by atoms with Gasteiger partial charge in [-0.2, -0.15) is 0 Å². The third-order valence-corrected chi connectivity index (χ3v) is 2.09. The zero-order valence-corrected chi connectivity index (χ0v) is 6.62. The van der Waals surface area contributed by atoms with E-state index in [4.69, 9.17) is 4.65 Å². The summed E-state index contributed by atoms with van der Waals surface area (Å²) in [6.45, 7) is 1.79. The van der Waals surface area contributed by atoms with Crippen molar-refractivity contribution in [2.45, 2.75) is 13.0 Å². The van der Waals surface area contributed by atoms with Crippen LogP contribution >= 0.6 is 0 Å². The van der Waals surface area contributed by atoms with Crippen molar-refractivity contribution >= 4 is 12.6 Å². The van der Waals surface area contributed by atoms with Gasteiger partial charge in [0.2, 0.25) is 0 Å². The lowest BCUT2D eigenvalue weighted by atomic mass is 9.79. The summed E-state index contributed by atoms with van der Waals surface area (Å²) in [6, 6.07) is 4.28. The molecule has 1 N–H and O–H groups in total. The molecule has 0 aromatic heterocycles. The van der Waals surface area contributed by atoms with E-state index >= 15 is 0 Å². The maximum absolute atomic E-state index is 12.7. The lowest BCUT2D eigenvalue weighted by Gasteiger charge is -2.02. The Bertz CT molecular complexity index is 316. The molecule has 0 amide bonds. The molecule has 2 rings (SSSR count). The van der Waals surface area contributed by atoms with Gasteiger partial charge in [-0.3, -0.25) is 0 Å². The molecule has 0 saturated heterocycles. The lowest BCUT2D eigenvalue weighted by molar-refractivity contribution is 0.208. The molecule has 0 bridgehead atoms. The van der Waals surface area contributed by atoms with Gasteiger partial charge in [0.1, 0.15) is 5.82 Å². The molecule has 12 heavy (non-hydrogen) atoms. The van der Waals surface area contributed by atoms with Crippen molar-refractivity contribution in [2.24, 2.45) is 0 Å². The fourth-order valence-corrected chi connectivity index (χ4v) is 1.46. The highest BCUT2D eigenvalue weighted by molar-refractivity contribution is 6.61. The highest BCUT2D eigenvalue weighted by atomic mass is 19.1. The summed E-state index contributed by atoms with van der Waals surface area (Å²) in [6.07, 6.45) is -0.217. The fraction of sp³-hybridized carbons (Fsp3) is 0.250. The first-order valence-corrected chi connectivity index (χ1v) is 3.81. The first-order valence-electron chi connectivity index (χ1n) is 3.81. The Morgan fingerprint density at radius 2 is 2.33 bits per heavy atom. The van der Waals surface area contributed by atoms with E-state index in [9.17, 15) is 9.41 Å². The van der Waals surface area contributed by atoms with Crippen LogP contribution in [0.1, 0.15) is 18.6 Å². The Morgan fingerprint density at radius 3 is 3.08 bits per heavy atom. The molecule has 62 valence electrons. The maximum Gasteiger partial charge on any atom is 0.491 e. The summed E-state index contributed by atoms with van der Waals surface area (Å²) in [4.78, 5) is 0.